The van der Waals surface area contributed by atoms with E-state index < -0.39 is 0 Å². The van der Waals surface area contributed by atoms with Gasteiger partial charge in [0, 0.05) is 5.56 Å². The van der Waals surface area contributed by atoms with Crippen LogP contribution in [0.3, 0.4) is 0 Å². The molecule has 0 unspecified atom stereocenters. The summed E-state index contributed by atoms with van der Waals surface area (Å²) in [6, 6.07) is 20.6. The van der Waals surface area contributed by atoms with Crippen LogP contribution in [0.25, 0.3) is 10.2 Å². The predicted molar refractivity (Wildman–Crippen MR) is 129 cm³/mol. The highest BCUT2D eigenvalue weighted by Crippen LogP contribution is 2.32. The molecule has 0 aliphatic heterocycles. The zero-order valence-corrected chi connectivity index (χ0v) is 18.9. The number of thiazole rings is 1. The predicted octanol–water partition coefficient (Wildman–Crippen LogP) is 5.69. The zero-order valence-electron chi connectivity index (χ0n) is 18.1. The number of carbonyl (C=O) groups excluding carboxylic acids is 1. The number of anilines is 1. The number of nitrogens with zero attached hydrogens (tertiary/aromatic N) is 3. The fourth-order valence-electron chi connectivity index (χ4n) is 3.14. The van der Waals surface area contributed by atoms with Gasteiger partial charge in [0.15, 0.2) is 0 Å². The van der Waals surface area contributed by atoms with Crippen LogP contribution in [0, 0.1) is 6.92 Å². The average Bonchev–Trinajstić information content (AvgIpc) is 3.23. The minimum absolute atomic E-state index is 0.248. The van der Waals surface area contributed by atoms with Crippen LogP contribution in [0.4, 0.5) is 5.13 Å². The van der Waals surface area contributed by atoms with Crippen LogP contribution in [0.5, 0.6) is 11.5 Å². The summed E-state index contributed by atoms with van der Waals surface area (Å²) in [6.45, 7) is 4.50. The molecule has 0 aliphatic rings. The van der Waals surface area contributed by atoms with Crippen LogP contribution < -0.4 is 14.5 Å². The standard InChI is InChI=1S/C25H23N3O3S/c1-4-31-20-10-8-18(9-11-20)16-26-28(24(29)19-7-5-6-17(2)14-19)25-27-22-13-12-21(30-3)15-23(22)32-25/h5-16H,4H2,1-3H3/b26-16+. The fourth-order valence-corrected chi connectivity index (χ4v) is 4.09. The number of amides is 1. The van der Waals surface area contributed by atoms with Crippen LogP contribution in [-0.2, 0) is 0 Å². The summed E-state index contributed by atoms with van der Waals surface area (Å²) in [4.78, 5) is 18.0. The van der Waals surface area contributed by atoms with Crippen molar-refractivity contribution >= 4 is 38.8 Å². The molecule has 0 N–H and O–H groups in total. The van der Waals surface area contributed by atoms with Gasteiger partial charge in [-0.2, -0.15) is 10.1 Å². The average molecular weight is 446 g/mol. The van der Waals surface area contributed by atoms with Gasteiger partial charge in [0.05, 0.1) is 30.1 Å². The second kappa shape index (κ2) is 9.62. The third-order valence-corrected chi connectivity index (χ3v) is 5.73. The summed E-state index contributed by atoms with van der Waals surface area (Å²) in [5.41, 5.74) is 3.17. The molecule has 0 atom stereocenters. The molecule has 4 rings (SSSR count). The highest BCUT2D eigenvalue weighted by Gasteiger charge is 2.21. The lowest BCUT2D eigenvalue weighted by Gasteiger charge is -2.14. The Bertz CT molecular complexity index is 1270. The molecule has 0 radical (unpaired) electrons. The van der Waals surface area contributed by atoms with Crippen molar-refractivity contribution in [3.63, 3.8) is 0 Å². The largest absolute Gasteiger partial charge is 0.497 e. The van der Waals surface area contributed by atoms with Crippen molar-refractivity contribution in [3.05, 3.63) is 83.4 Å². The molecular formula is C25H23N3O3S. The van der Waals surface area contributed by atoms with Gasteiger partial charge in [0.2, 0.25) is 5.13 Å². The Balaban J connectivity index is 1.71. The van der Waals surface area contributed by atoms with Crippen molar-refractivity contribution in [3.8, 4) is 11.5 Å². The second-order valence-electron chi connectivity index (χ2n) is 7.06. The highest BCUT2D eigenvalue weighted by molar-refractivity contribution is 7.22. The number of aromatic nitrogens is 1. The first-order valence-electron chi connectivity index (χ1n) is 10.2. The van der Waals surface area contributed by atoms with Gasteiger partial charge in [-0.1, -0.05) is 29.0 Å². The smallest absolute Gasteiger partial charge is 0.280 e. The lowest BCUT2D eigenvalue weighted by molar-refractivity contribution is 0.0987. The number of methoxy groups -OCH3 is 1. The van der Waals surface area contributed by atoms with E-state index in [4.69, 9.17) is 9.47 Å². The van der Waals surface area contributed by atoms with Crippen LogP contribution in [0.2, 0.25) is 0 Å². The van der Waals surface area contributed by atoms with Gasteiger partial charge in [-0.25, -0.2) is 4.98 Å². The van der Waals surface area contributed by atoms with E-state index in [2.05, 4.69) is 10.1 Å². The maximum atomic E-state index is 13.4. The maximum Gasteiger partial charge on any atom is 0.280 e. The molecule has 7 heteroatoms. The Morgan fingerprint density at radius 2 is 1.88 bits per heavy atom. The fraction of sp³-hybridized carbons (Fsp3) is 0.160. The molecule has 0 spiro atoms. The molecule has 3 aromatic carbocycles. The molecule has 0 fully saturated rings. The molecule has 1 heterocycles. The first-order valence-corrected chi connectivity index (χ1v) is 11.0. The number of benzene rings is 3. The van der Waals surface area contributed by atoms with E-state index in [0.29, 0.717) is 17.3 Å². The first kappa shape index (κ1) is 21.5. The van der Waals surface area contributed by atoms with E-state index in [9.17, 15) is 4.79 Å². The van der Waals surface area contributed by atoms with Crippen molar-refractivity contribution in [1.82, 2.24) is 4.98 Å². The monoisotopic (exact) mass is 445 g/mol. The number of ether oxygens (including phenoxy) is 2. The lowest BCUT2D eigenvalue weighted by atomic mass is 10.1. The van der Waals surface area contributed by atoms with E-state index in [1.807, 2.05) is 74.5 Å². The summed E-state index contributed by atoms with van der Waals surface area (Å²) >= 11 is 1.39. The van der Waals surface area contributed by atoms with Crippen molar-refractivity contribution in [2.75, 3.05) is 18.7 Å². The molecule has 1 amide bonds. The van der Waals surface area contributed by atoms with E-state index >= 15 is 0 Å². The Hall–Kier alpha value is -3.71. The van der Waals surface area contributed by atoms with Crippen LogP contribution >= 0.6 is 11.3 Å². The van der Waals surface area contributed by atoms with Crippen molar-refractivity contribution in [2.45, 2.75) is 13.8 Å². The number of hydrazone groups is 1. The summed E-state index contributed by atoms with van der Waals surface area (Å²) in [7, 11) is 1.62. The number of hydrogen-bond donors (Lipinski definition) is 0. The molecule has 0 aliphatic carbocycles. The van der Waals surface area contributed by atoms with Crippen molar-refractivity contribution in [1.29, 1.82) is 0 Å². The lowest BCUT2D eigenvalue weighted by Crippen LogP contribution is -2.25. The normalized spacial score (nSPS) is 11.1. The summed E-state index contributed by atoms with van der Waals surface area (Å²) in [5.74, 6) is 1.28. The highest BCUT2D eigenvalue weighted by atomic mass is 32.1. The third kappa shape index (κ3) is 4.78. The van der Waals surface area contributed by atoms with Gasteiger partial charge in [-0.15, -0.1) is 0 Å². The molecule has 4 aromatic rings. The summed E-state index contributed by atoms with van der Waals surface area (Å²) in [6.07, 6.45) is 1.65. The van der Waals surface area contributed by atoms with Crippen molar-refractivity contribution in [2.24, 2.45) is 5.10 Å². The molecule has 1 aromatic heterocycles. The van der Waals surface area contributed by atoms with E-state index in [1.54, 1.807) is 19.4 Å². The van der Waals surface area contributed by atoms with Crippen LogP contribution in [0.15, 0.2) is 71.8 Å². The van der Waals surface area contributed by atoms with Crippen LogP contribution in [-0.4, -0.2) is 30.8 Å². The summed E-state index contributed by atoms with van der Waals surface area (Å²) < 4.78 is 11.7. The van der Waals surface area contributed by atoms with Crippen molar-refractivity contribution < 1.29 is 14.3 Å². The number of hydrogen-bond acceptors (Lipinski definition) is 6. The van der Waals surface area contributed by atoms with Gasteiger partial charge in [-0.3, -0.25) is 4.79 Å². The number of rotatable bonds is 7. The minimum atomic E-state index is -0.248. The maximum absolute atomic E-state index is 13.4. The SMILES string of the molecule is CCOc1ccc(/C=N/N(C(=O)c2cccc(C)c2)c2nc3ccc(OC)cc3s2)cc1. The van der Waals surface area contributed by atoms with Crippen LogP contribution in [0.1, 0.15) is 28.4 Å². The topological polar surface area (TPSA) is 64.0 Å². The van der Waals surface area contributed by atoms with Gasteiger partial charge < -0.3 is 9.47 Å². The zero-order chi connectivity index (χ0) is 22.5. The first-order chi connectivity index (χ1) is 15.6. The Morgan fingerprint density at radius 1 is 1.09 bits per heavy atom. The Labute approximate surface area is 190 Å². The minimum Gasteiger partial charge on any atom is -0.497 e. The van der Waals surface area contributed by atoms with Gasteiger partial charge in [0.1, 0.15) is 11.5 Å². The molecule has 0 saturated heterocycles. The van der Waals surface area contributed by atoms with E-state index in [0.717, 1.165) is 32.8 Å². The molecular weight excluding hydrogens is 422 g/mol. The Morgan fingerprint density at radius 3 is 2.59 bits per heavy atom. The van der Waals surface area contributed by atoms with Gasteiger partial charge in [-0.05, 0) is 74.0 Å². The molecule has 0 bridgehead atoms. The number of aryl methyl sites for hydroxylation is 1. The van der Waals surface area contributed by atoms with E-state index in [1.165, 1.54) is 16.3 Å². The number of carbonyl (C=O) groups is 1. The second-order valence-corrected chi connectivity index (χ2v) is 8.07. The molecule has 32 heavy (non-hydrogen) atoms. The third-order valence-electron chi connectivity index (χ3n) is 4.74. The molecule has 6 nitrogen and oxygen atoms in total. The van der Waals surface area contributed by atoms with E-state index in [-0.39, 0.29) is 5.91 Å². The molecule has 162 valence electrons. The Kier molecular flexibility index (Phi) is 6.47. The quantitative estimate of drug-likeness (QED) is 0.271. The summed E-state index contributed by atoms with van der Waals surface area (Å²) in [5, 5.41) is 6.36. The van der Waals surface area contributed by atoms with Gasteiger partial charge in [0.25, 0.3) is 5.91 Å². The molecule has 0 saturated carbocycles. The number of fused-ring (bicyclic) bond motifs is 1. The van der Waals surface area contributed by atoms with Gasteiger partial charge >= 0.3 is 0 Å².